The lowest BCUT2D eigenvalue weighted by Gasteiger charge is -2.20. The summed E-state index contributed by atoms with van der Waals surface area (Å²) >= 11 is 0. The Balaban J connectivity index is 1.70. The van der Waals surface area contributed by atoms with Crippen LogP contribution in [0.5, 0.6) is 0 Å². The maximum Gasteiger partial charge on any atom is 0.251 e. The second-order valence-corrected chi connectivity index (χ2v) is 9.15. The number of carbonyl (C=O) groups excluding carboxylic acids is 1. The van der Waals surface area contributed by atoms with Gasteiger partial charge < -0.3 is 5.32 Å². The summed E-state index contributed by atoms with van der Waals surface area (Å²) in [5, 5.41) is 2.70. The first-order valence-electron chi connectivity index (χ1n) is 9.65. The lowest BCUT2D eigenvalue weighted by atomic mass is 10.1. The van der Waals surface area contributed by atoms with Gasteiger partial charge in [0.2, 0.25) is 10.0 Å². The SMILES string of the molecule is C[C@H](NC(=O)c1ccc(S(=O)(=O)N2CCCCCC2)cc1)c1ccc(F)c(F)c1. The molecule has 1 aliphatic heterocycles. The number of hydrogen-bond donors (Lipinski definition) is 1. The van der Waals surface area contributed by atoms with E-state index in [1.54, 1.807) is 6.92 Å². The molecule has 1 heterocycles. The van der Waals surface area contributed by atoms with Crippen LogP contribution in [0.25, 0.3) is 0 Å². The van der Waals surface area contributed by atoms with Crippen LogP contribution in [-0.4, -0.2) is 31.7 Å². The van der Waals surface area contributed by atoms with Gasteiger partial charge in [0.05, 0.1) is 10.9 Å². The van der Waals surface area contributed by atoms with Gasteiger partial charge in [0.15, 0.2) is 11.6 Å². The van der Waals surface area contributed by atoms with Gasteiger partial charge in [-0.2, -0.15) is 4.31 Å². The lowest BCUT2D eigenvalue weighted by Crippen LogP contribution is -2.32. The van der Waals surface area contributed by atoms with Gasteiger partial charge in [0.1, 0.15) is 0 Å². The van der Waals surface area contributed by atoms with E-state index in [9.17, 15) is 22.0 Å². The molecular formula is C21H24F2N2O3S. The minimum Gasteiger partial charge on any atom is -0.346 e. The van der Waals surface area contributed by atoms with Crippen molar-refractivity contribution >= 4 is 15.9 Å². The number of hydrogen-bond acceptors (Lipinski definition) is 3. The Hall–Kier alpha value is -2.32. The molecule has 0 bridgehead atoms. The van der Waals surface area contributed by atoms with Crippen molar-refractivity contribution in [2.24, 2.45) is 0 Å². The standard InChI is InChI=1S/C21H24F2N2O3S/c1-15(17-8-11-19(22)20(23)14-17)24-21(26)16-6-9-18(10-7-16)29(27,28)25-12-4-2-3-5-13-25/h6-11,14-15H,2-5,12-13H2,1H3,(H,24,26)/t15-/m0/s1. The molecule has 29 heavy (non-hydrogen) atoms. The Morgan fingerprint density at radius 1 is 0.966 bits per heavy atom. The molecule has 5 nitrogen and oxygen atoms in total. The van der Waals surface area contributed by atoms with Crippen LogP contribution in [0.4, 0.5) is 8.78 Å². The van der Waals surface area contributed by atoms with Gasteiger partial charge >= 0.3 is 0 Å². The molecule has 1 fully saturated rings. The zero-order chi connectivity index (χ0) is 21.0. The first kappa shape index (κ1) is 21.4. The van der Waals surface area contributed by atoms with Crippen LogP contribution in [0.2, 0.25) is 0 Å². The summed E-state index contributed by atoms with van der Waals surface area (Å²) in [6, 6.07) is 8.68. The monoisotopic (exact) mass is 422 g/mol. The quantitative estimate of drug-likeness (QED) is 0.792. The largest absolute Gasteiger partial charge is 0.346 e. The minimum atomic E-state index is -3.58. The van der Waals surface area contributed by atoms with E-state index < -0.39 is 33.6 Å². The summed E-state index contributed by atoms with van der Waals surface area (Å²) in [5.74, 6) is -2.36. The van der Waals surface area contributed by atoms with Crippen LogP contribution < -0.4 is 5.32 Å². The van der Waals surface area contributed by atoms with Crippen molar-refractivity contribution in [2.75, 3.05) is 13.1 Å². The molecule has 1 saturated heterocycles. The predicted molar refractivity (Wildman–Crippen MR) is 106 cm³/mol. The van der Waals surface area contributed by atoms with E-state index >= 15 is 0 Å². The summed E-state index contributed by atoms with van der Waals surface area (Å²) in [7, 11) is -3.58. The lowest BCUT2D eigenvalue weighted by molar-refractivity contribution is 0.0939. The molecule has 2 aromatic rings. The summed E-state index contributed by atoms with van der Waals surface area (Å²) < 4.78 is 53.6. The number of carbonyl (C=O) groups is 1. The highest BCUT2D eigenvalue weighted by Gasteiger charge is 2.25. The number of amides is 1. The highest BCUT2D eigenvalue weighted by molar-refractivity contribution is 7.89. The van der Waals surface area contributed by atoms with E-state index in [2.05, 4.69) is 5.32 Å². The van der Waals surface area contributed by atoms with Crippen LogP contribution in [0.1, 0.15) is 54.6 Å². The summed E-state index contributed by atoms with van der Waals surface area (Å²) in [6.07, 6.45) is 3.76. The normalized spacial score (nSPS) is 16.8. The molecule has 0 saturated carbocycles. The smallest absolute Gasteiger partial charge is 0.251 e. The molecule has 0 spiro atoms. The van der Waals surface area contributed by atoms with Gasteiger partial charge in [-0.3, -0.25) is 4.79 Å². The Morgan fingerprint density at radius 3 is 2.17 bits per heavy atom. The van der Waals surface area contributed by atoms with Crippen molar-refractivity contribution in [3.05, 3.63) is 65.2 Å². The van der Waals surface area contributed by atoms with Crippen LogP contribution in [0.15, 0.2) is 47.4 Å². The van der Waals surface area contributed by atoms with Gasteiger partial charge in [-0.15, -0.1) is 0 Å². The van der Waals surface area contributed by atoms with Crippen molar-refractivity contribution in [2.45, 2.75) is 43.5 Å². The van der Waals surface area contributed by atoms with Gasteiger partial charge in [0.25, 0.3) is 5.91 Å². The molecule has 3 rings (SSSR count). The number of nitrogens with zero attached hydrogens (tertiary/aromatic N) is 1. The summed E-state index contributed by atoms with van der Waals surface area (Å²) in [4.78, 5) is 12.6. The summed E-state index contributed by atoms with van der Waals surface area (Å²) in [5.41, 5.74) is 0.715. The molecular weight excluding hydrogens is 398 g/mol. The Kier molecular flexibility index (Phi) is 6.64. The van der Waals surface area contributed by atoms with Gasteiger partial charge in [-0.05, 0) is 61.7 Å². The highest BCUT2D eigenvalue weighted by Crippen LogP contribution is 2.21. The Morgan fingerprint density at radius 2 is 1.59 bits per heavy atom. The number of halogens is 2. The summed E-state index contributed by atoms with van der Waals surface area (Å²) in [6.45, 7) is 2.68. The van der Waals surface area contributed by atoms with E-state index in [-0.39, 0.29) is 10.5 Å². The predicted octanol–water partition coefficient (Wildman–Crippen LogP) is 4.02. The molecule has 0 unspecified atom stereocenters. The van der Waals surface area contributed by atoms with Crippen molar-refractivity contribution in [1.29, 1.82) is 0 Å². The third-order valence-corrected chi connectivity index (χ3v) is 7.02. The van der Waals surface area contributed by atoms with E-state index in [1.165, 1.54) is 34.6 Å². The first-order chi connectivity index (χ1) is 13.8. The van der Waals surface area contributed by atoms with E-state index in [4.69, 9.17) is 0 Å². The van der Waals surface area contributed by atoms with Crippen LogP contribution in [-0.2, 0) is 10.0 Å². The molecule has 1 aliphatic rings. The van der Waals surface area contributed by atoms with Crippen molar-refractivity contribution < 1.29 is 22.0 Å². The molecule has 2 aromatic carbocycles. The van der Waals surface area contributed by atoms with Crippen LogP contribution in [0.3, 0.4) is 0 Å². The molecule has 0 aromatic heterocycles. The highest BCUT2D eigenvalue weighted by atomic mass is 32.2. The van der Waals surface area contributed by atoms with E-state index in [0.717, 1.165) is 37.8 Å². The molecule has 0 aliphatic carbocycles. The van der Waals surface area contributed by atoms with Crippen molar-refractivity contribution in [3.63, 3.8) is 0 Å². The third-order valence-electron chi connectivity index (χ3n) is 5.11. The molecule has 1 atom stereocenters. The zero-order valence-corrected chi connectivity index (χ0v) is 17.0. The number of rotatable bonds is 5. The molecule has 8 heteroatoms. The van der Waals surface area contributed by atoms with Crippen molar-refractivity contribution in [1.82, 2.24) is 9.62 Å². The number of sulfonamides is 1. The van der Waals surface area contributed by atoms with Gasteiger partial charge in [0, 0.05) is 18.7 Å². The first-order valence-corrected chi connectivity index (χ1v) is 11.1. The zero-order valence-electron chi connectivity index (χ0n) is 16.2. The van der Waals surface area contributed by atoms with E-state index in [0.29, 0.717) is 18.7 Å². The van der Waals surface area contributed by atoms with Crippen LogP contribution in [0, 0.1) is 11.6 Å². The maximum atomic E-state index is 13.4. The fourth-order valence-corrected chi connectivity index (χ4v) is 4.87. The maximum absolute atomic E-state index is 13.4. The molecule has 1 amide bonds. The van der Waals surface area contributed by atoms with Crippen LogP contribution >= 0.6 is 0 Å². The average molecular weight is 422 g/mol. The van der Waals surface area contributed by atoms with Crippen molar-refractivity contribution in [3.8, 4) is 0 Å². The number of benzene rings is 2. The topological polar surface area (TPSA) is 66.5 Å². The molecule has 1 N–H and O–H groups in total. The minimum absolute atomic E-state index is 0.157. The average Bonchev–Trinajstić information content (AvgIpc) is 3.00. The second kappa shape index (κ2) is 9.00. The number of nitrogens with one attached hydrogen (secondary N) is 1. The second-order valence-electron chi connectivity index (χ2n) is 7.21. The fraction of sp³-hybridized carbons (Fsp3) is 0.381. The molecule has 0 radical (unpaired) electrons. The fourth-order valence-electron chi connectivity index (χ4n) is 3.35. The Labute approximate surface area is 169 Å². The van der Waals surface area contributed by atoms with Gasteiger partial charge in [-0.25, -0.2) is 17.2 Å². The third kappa shape index (κ3) is 5.00. The molecule has 156 valence electrons. The van der Waals surface area contributed by atoms with Gasteiger partial charge in [-0.1, -0.05) is 18.9 Å². The Bertz CT molecular complexity index is 970. The van der Waals surface area contributed by atoms with E-state index in [1.807, 2.05) is 0 Å².